The van der Waals surface area contributed by atoms with Crippen LogP contribution < -0.4 is 16.0 Å². The second kappa shape index (κ2) is 7.43. The van der Waals surface area contributed by atoms with E-state index in [0.29, 0.717) is 0 Å². The van der Waals surface area contributed by atoms with Crippen molar-refractivity contribution in [2.45, 2.75) is 13.3 Å². The van der Waals surface area contributed by atoms with E-state index < -0.39 is 61.0 Å². The number of hydrogen-bond donors (Lipinski definition) is 3. The third-order valence-corrected chi connectivity index (χ3v) is 5.02. The van der Waals surface area contributed by atoms with Crippen molar-refractivity contribution in [3.63, 3.8) is 0 Å². The summed E-state index contributed by atoms with van der Waals surface area (Å²) in [6.07, 6.45) is 0.257. The topological polar surface area (TPSA) is 153 Å². The van der Waals surface area contributed by atoms with Crippen molar-refractivity contribution in [3.8, 4) is 23.3 Å². The molecule has 11 heteroatoms. The van der Waals surface area contributed by atoms with Gasteiger partial charge in [-0.2, -0.15) is 10.5 Å². The Balaban J connectivity index is 2.87. The fourth-order valence-electron chi connectivity index (χ4n) is 2.44. The molecule has 0 saturated heterocycles. The average Bonchev–Trinajstić information content (AvgIpc) is 2.57. The molecular formula is C16H13F2N5O3S. The number of aromatic amines is 1. The van der Waals surface area contributed by atoms with Gasteiger partial charge in [-0.1, -0.05) is 6.92 Å². The number of halogens is 2. The summed E-state index contributed by atoms with van der Waals surface area (Å²) >= 11 is 0. The number of hydrogen-bond acceptors (Lipinski definition) is 6. The van der Waals surface area contributed by atoms with Crippen LogP contribution in [0.15, 0.2) is 16.9 Å². The van der Waals surface area contributed by atoms with Gasteiger partial charge in [-0.05, 0) is 18.6 Å². The molecule has 0 bridgehead atoms. The van der Waals surface area contributed by atoms with Gasteiger partial charge in [0.2, 0.25) is 10.0 Å². The molecule has 1 heterocycles. The number of rotatable bonds is 5. The molecule has 27 heavy (non-hydrogen) atoms. The smallest absolute Gasteiger partial charge is 0.268 e. The van der Waals surface area contributed by atoms with Crippen LogP contribution in [-0.2, 0) is 10.0 Å². The SMILES string of the molecule is CCCS(=O)(=O)Nc1ccc(F)c(-c2c(C#N)c(N)[nH]c(=O)c2C#N)c1F. The van der Waals surface area contributed by atoms with Gasteiger partial charge >= 0.3 is 0 Å². The van der Waals surface area contributed by atoms with E-state index in [9.17, 15) is 32.5 Å². The number of H-pyrrole nitrogens is 1. The quantitative estimate of drug-likeness (QED) is 0.704. The van der Waals surface area contributed by atoms with Crippen molar-refractivity contribution in [2.24, 2.45) is 0 Å². The normalized spacial score (nSPS) is 10.9. The van der Waals surface area contributed by atoms with Gasteiger partial charge < -0.3 is 10.7 Å². The highest BCUT2D eigenvalue weighted by molar-refractivity contribution is 7.92. The van der Waals surface area contributed by atoms with E-state index in [2.05, 4.69) is 0 Å². The van der Waals surface area contributed by atoms with Crippen LogP contribution in [0.25, 0.3) is 11.1 Å². The Morgan fingerprint density at radius 3 is 2.37 bits per heavy atom. The van der Waals surface area contributed by atoms with Crippen molar-refractivity contribution < 1.29 is 17.2 Å². The highest BCUT2D eigenvalue weighted by Crippen LogP contribution is 2.35. The number of nitrogens with two attached hydrogens (primary N) is 1. The number of sulfonamides is 1. The van der Waals surface area contributed by atoms with Crippen LogP contribution in [0.5, 0.6) is 0 Å². The predicted octanol–water partition coefficient (Wildman–Crippen LogP) is 1.80. The molecule has 0 atom stereocenters. The second-order valence-corrected chi connectivity index (χ2v) is 7.26. The molecule has 0 saturated carbocycles. The molecule has 0 unspecified atom stereocenters. The van der Waals surface area contributed by atoms with Gasteiger partial charge in [-0.15, -0.1) is 0 Å². The van der Waals surface area contributed by atoms with Crippen LogP contribution in [-0.4, -0.2) is 19.2 Å². The maximum atomic E-state index is 14.9. The first-order valence-electron chi connectivity index (χ1n) is 7.51. The summed E-state index contributed by atoms with van der Waals surface area (Å²) in [5.41, 5.74) is 1.10. The Hall–Kier alpha value is -3.44. The number of anilines is 2. The number of pyridine rings is 1. The first-order valence-corrected chi connectivity index (χ1v) is 9.16. The van der Waals surface area contributed by atoms with Gasteiger partial charge in [0.15, 0.2) is 5.82 Å². The fraction of sp³-hybridized carbons (Fsp3) is 0.188. The first kappa shape index (κ1) is 19.9. The number of nitrogens with one attached hydrogen (secondary N) is 2. The maximum Gasteiger partial charge on any atom is 0.268 e. The molecule has 140 valence electrons. The van der Waals surface area contributed by atoms with Crippen LogP contribution in [0.3, 0.4) is 0 Å². The summed E-state index contributed by atoms with van der Waals surface area (Å²) in [4.78, 5) is 14.0. The summed E-state index contributed by atoms with van der Waals surface area (Å²) in [7, 11) is -3.90. The lowest BCUT2D eigenvalue weighted by molar-refractivity contribution is 0.587. The Morgan fingerprint density at radius 2 is 1.81 bits per heavy atom. The van der Waals surface area contributed by atoms with Crippen molar-refractivity contribution in [2.75, 3.05) is 16.2 Å². The van der Waals surface area contributed by atoms with Crippen molar-refractivity contribution in [1.29, 1.82) is 10.5 Å². The van der Waals surface area contributed by atoms with E-state index in [1.54, 1.807) is 13.0 Å². The molecule has 2 rings (SSSR count). The minimum absolute atomic E-state index is 0.257. The lowest BCUT2D eigenvalue weighted by Gasteiger charge is -2.14. The van der Waals surface area contributed by atoms with E-state index in [1.165, 1.54) is 6.07 Å². The van der Waals surface area contributed by atoms with E-state index in [0.717, 1.165) is 12.1 Å². The summed E-state index contributed by atoms with van der Waals surface area (Å²) in [5.74, 6) is -3.37. The van der Waals surface area contributed by atoms with Gasteiger partial charge in [0.25, 0.3) is 5.56 Å². The Bertz CT molecular complexity index is 1160. The zero-order chi connectivity index (χ0) is 20.4. The highest BCUT2D eigenvalue weighted by atomic mass is 32.2. The molecule has 2 aromatic rings. The minimum atomic E-state index is -3.90. The lowest BCUT2D eigenvalue weighted by atomic mass is 9.95. The van der Waals surface area contributed by atoms with E-state index in [-0.39, 0.29) is 12.2 Å². The van der Waals surface area contributed by atoms with Gasteiger partial charge in [0.1, 0.15) is 34.9 Å². The molecular weight excluding hydrogens is 380 g/mol. The highest BCUT2D eigenvalue weighted by Gasteiger charge is 2.26. The third-order valence-electron chi connectivity index (χ3n) is 3.55. The molecule has 0 fully saturated rings. The molecule has 4 N–H and O–H groups in total. The molecule has 1 aromatic heterocycles. The molecule has 0 aliphatic rings. The number of nitrogens with zero attached hydrogens (tertiary/aromatic N) is 2. The summed E-state index contributed by atoms with van der Waals surface area (Å²) in [5, 5.41) is 18.5. The second-order valence-electron chi connectivity index (χ2n) is 5.42. The van der Waals surface area contributed by atoms with Crippen molar-refractivity contribution >= 4 is 21.5 Å². The van der Waals surface area contributed by atoms with Crippen LogP contribution in [0, 0.1) is 34.3 Å². The Morgan fingerprint density at radius 1 is 1.19 bits per heavy atom. The van der Waals surface area contributed by atoms with Crippen molar-refractivity contribution in [1.82, 2.24) is 4.98 Å². The van der Waals surface area contributed by atoms with Gasteiger partial charge in [-0.25, -0.2) is 17.2 Å². The maximum absolute atomic E-state index is 14.9. The fourth-order valence-corrected chi connectivity index (χ4v) is 3.57. The van der Waals surface area contributed by atoms with Crippen LogP contribution in [0.2, 0.25) is 0 Å². The van der Waals surface area contributed by atoms with Gasteiger partial charge in [-0.3, -0.25) is 9.52 Å². The zero-order valence-electron chi connectivity index (χ0n) is 13.9. The molecule has 0 radical (unpaired) electrons. The monoisotopic (exact) mass is 393 g/mol. The van der Waals surface area contributed by atoms with E-state index in [4.69, 9.17) is 5.73 Å². The van der Waals surface area contributed by atoms with Gasteiger partial charge in [0.05, 0.1) is 17.0 Å². The molecule has 8 nitrogen and oxygen atoms in total. The number of nitriles is 2. The van der Waals surface area contributed by atoms with E-state index in [1.807, 2.05) is 9.71 Å². The summed E-state index contributed by atoms with van der Waals surface area (Å²) < 4.78 is 55.1. The van der Waals surface area contributed by atoms with Crippen LogP contribution >= 0.6 is 0 Å². The van der Waals surface area contributed by atoms with Gasteiger partial charge in [0, 0.05) is 5.56 Å². The first-order chi connectivity index (χ1) is 12.7. The minimum Gasteiger partial charge on any atom is -0.384 e. The number of nitrogen functional groups attached to an aromatic ring is 1. The number of benzene rings is 1. The van der Waals surface area contributed by atoms with Crippen LogP contribution in [0.1, 0.15) is 24.5 Å². The molecule has 0 amide bonds. The Labute approximate surface area is 152 Å². The molecule has 0 aliphatic carbocycles. The predicted molar refractivity (Wildman–Crippen MR) is 94.0 cm³/mol. The largest absolute Gasteiger partial charge is 0.384 e. The Kier molecular flexibility index (Phi) is 5.47. The molecule has 0 aliphatic heterocycles. The zero-order valence-corrected chi connectivity index (χ0v) is 14.7. The lowest BCUT2D eigenvalue weighted by Crippen LogP contribution is -2.19. The van der Waals surface area contributed by atoms with E-state index >= 15 is 0 Å². The van der Waals surface area contributed by atoms with Crippen LogP contribution in [0.4, 0.5) is 20.3 Å². The average molecular weight is 393 g/mol. The standard InChI is InChI=1S/C16H13F2N5O3S/c1-2-5-27(25,26)23-11-4-3-10(17)13(14(11)18)12-8(6-19)15(21)22-16(24)9(12)7-20/h3-4,23H,2,5H2,1H3,(H3,21,22,24). The van der Waals surface area contributed by atoms with Crippen molar-refractivity contribution in [3.05, 3.63) is 45.2 Å². The molecule has 1 aromatic carbocycles. The molecule has 0 spiro atoms. The third kappa shape index (κ3) is 3.73. The summed E-state index contributed by atoms with van der Waals surface area (Å²) in [6.45, 7) is 1.60. The summed E-state index contributed by atoms with van der Waals surface area (Å²) in [6, 6.07) is 4.68. The number of aromatic nitrogens is 1.